The summed E-state index contributed by atoms with van der Waals surface area (Å²) >= 11 is 1.77. The first kappa shape index (κ1) is 10.1. The minimum absolute atomic E-state index is 0.641. The Morgan fingerprint density at radius 3 is 3.29 bits per heavy atom. The average Bonchev–Trinajstić information content (AvgIpc) is 2.86. The van der Waals surface area contributed by atoms with E-state index in [4.69, 9.17) is 0 Å². The first-order valence-corrected chi connectivity index (χ1v) is 6.14. The second kappa shape index (κ2) is 4.87. The van der Waals surface area contributed by atoms with Gasteiger partial charge in [-0.25, -0.2) is 4.98 Å². The van der Waals surface area contributed by atoms with E-state index in [0.29, 0.717) is 6.04 Å². The van der Waals surface area contributed by atoms with Crippen LogP contribution in [0, 0.1) is 0 Å². The molecule has 1 aliphatic heterocycles. The second-order valence-electron chi connectivity index (χ2n) is 3.66. The van der Waals surface area contributed by atoms with Gasteiger partial charge in [0.05, 0.1) is 10.7 Å². The Kier molecular flexibility index (Phi) is 3.50. The molecule has 2 heterocycles. The maximum absolute atomic E-state index is 4.53. The summed E-state index contributed by atoms with van der Waals surface area (Å²) in [5.74, 6) is 0. The van der Waals surface area contributed by atoms with Crippen LogP contribution in [-0.2, 0) is 13.0 Å². The van der Waals surface area contributed by atoms with Crippen molar-refractivity contribution in [2.45, 2.75) is 32.4 Å². The van der Waals surface area contributed by atoms with Gasteiger partial charge in [-0.2, -0.15) is 0 Å². The predicted molar refractivity (Wildman–Crippen MR) is 59.6 cm³/mol. The maximum atomic E-state index is 4.53. The number of rotatable bonds is 4. The number of hydrogen-bond acceptors (Lipinski definition) is 4. The summed E-state index contributed by atoms with van der Waals surface area (Å²) in [5.41, 5.74) is 1.19. The van der Waals surface area contributed by atoms with E-state index in [1.54, 1.807) is 11.3 Å². The molecule has 1 aromatic rings. The normalized spacial score (nSPS) is 21.6. The Morgan fingerprint density at radius 2 is 2.64 bits per heavy atom. The summed E-state index contributed by atoms with van der Waals surface area (Å²) in [6.45, 7) is 5.32. The number of nitrogens with one attached hydrogen (secondary N) is 2. The predicted octanol–water partition coefficient (Wildman–Crippen LogP) is 1.16. The zero-order valence-corrected chi connectivity index (χ0v) is 9.36. The van der Waals surface area contributed by atoms with Crippen molar-refractivity contribution in [3.05, 3.63) is 16.1 Å². The van der Waals surface area contributed by atoms with Gasteiger partial charge in [-0.1, -0.05) is 6.92 Å². The molecular weight excluding hydrogens is 194 g/mol. The summed E-state index contributed by atoms with van der Waals surface area (Å²) in [6.07, 6.45) is 2.29. The van der Waals surface area contributed by atoms with Crippen molar-refractivity contribution in [3.63, 3.8) is 0 Å². The fraction of sp³-hybridized carbons (Fsp3) is 0.700. The highest BCUT2D eigenvalue weighted by Crippen LogP contribution is 2.10. The molecule has 0 amide bonds. The topological polar surface area (TPSA) is 37.0 Å². The van der Waals surface area contributed by atoms with E-state index in [2.05, 4.69) is 27.9 Å². The Bertz CT molecular complexity index is 279. The molecule has 1 saturated heterocycles. The molecule has 3 nitrogen and oxygen atoms in total. The Balaban J connectivity index is 1.79. The molecule has 2 N–H and O–H groups in total. The third-order valence-corrected chi connectivity index (χ3v) is 3.58. The quantitative estimate of drug-likeness (QED) is 0.784. The number of nitrogens with zero attached hydrogens (tertiary/aromatic N) is 1. The fourth-order valence-electron chi connectivity index (χ4n) is 1.67. The second-order valence-corrected chi connectivity index (χ2v) is 4.60. The highest BCUT2D eigenvalue weighted by Gasteiger charge is 2.13. The van der Waals surface area contributed by atoms with Crippen molar-refractivity contribution in [1.29, 1.82) is 0 Å². The highest BCUT2D eigenvalue weighted by atomic mass is 32.1. The van der Waals surface area contributed by atoms with Crippen LogP contribution < -0.4 is 10.6 Å². The van der Waals surface area contributed by atoms with E-state index in [-0.39, 0.29) is 0 Å². The van der Waals surface area contributed by atoms with E-state index in [1.807, 2.05) is 0 Å². The first-order valence-electron chi connectivity index (χ1n) is 5.26. The number of aryl methyl sites for hydroxylation is 1. The monoisotopic (exact) mass is 211 g/mol. The molecule has 0 aromatic carbocycles. The molecule has 0 bridgehead atoms. The molecule has 4 heteroatoms. The zero-order chi connectivity index (χ0) is 9.80. The SMILES string of the molecule is CCc1nc(CNC2CCNC2)cs1. The van der Waals surface area contributed by atoms with Crippen molar-refractivity contribution in [3.8, 4) is 0 Å². The van der Waals surface area contributed by atoms with Crippen molar-refractivity contribution < 1.29 is 0 Å². The molecule has 1 fully saturated rings. The van der Waals surface area contributed by atoms with Gasteiger partial charge in [0, 0.05) is 24.5 Å². The van der Waals surface area contributed by atoms with E-state index in [9.17, 15) is 0 Å². The summed E-state index contributed by atoms with van der Waals surface area (Å²) in [5, 5.41) is 10.3. The Labute approximate surface area is 88.9 Å². The molecule has 1 atom stereocenters. The van der Waals surface area contributed by atoms with Crippen LogP contribution in [-0.4, -0.2) is 24.1 Å². The Morgan fingerprint density at radius 1 is 1.71 bits per heavy atom. The smallest absolute Gasteiger partial charge is 0.0926 e. The number of thiazole rings is 1. The molecule has 1 aliphatic rings. The van der Waals surface area contributed by atoms with Gasteiger partial charge in [0.2, 0.25) is 0 Å². The first-order chi connectivity index (χ1) is 6.88. The third kappa shape index (κ3) is 2.53. The summed E-state index contributed by atoms with van der Waals surface area (Å²) in [6, 6.07) is 0.641. The highest BCUT2D eigenvalue weighted by molar-refractivity contribution is 7.09. The van der Waals surface area contributed by atoms with E-state index in [0.717, 1.165) is 26.1 Å². The van der Waals surface area contributed by atoms with Crippen LogP contribution in [0.15, 0.2) is 5.38 Å². The molecule has 1 unspecified atom stereocenters. The van der Waals surface area contributed by atoms with Gasteiger partial charge in [-0.3, -0.25) is 0 Å². The summed E-state index contributed by atoms with van der Waals surface area (Å²) in [7, 11) is 0. The van der Waals surface area contributed by atoms with Crippen LogP contribution in [0.25, 0.3) is 0 Å². The molecule has 0 aliphatic carbocycles. The van der Waals surface area contributed by atoms with Crippen LogP contribution in [0.2, 0.25) is 0 Å². The largest absolute Gasteiger partial charge is 0.315 e. The lowest BCUT2D eigenvalue weighted by atomic mass is 10.2. The number of hydrogen-bond donors (Lipinski definition) is 2. The third-order valence-electron chi connectivity index (χ3n) is 2.53. The fourth-order valence-corrected chi connectivity index (χ4v) is 2.42. The van der Waals surface area contributed by atoms with Crippen molar-refractivity contribution >= 4 is 11.3 Å². The van der Waals surface area contributed by atoms with Crippen molar-refractivity contribution in [1.82, 2.24) is 15.6 Å². The lowest BCUT2D eigenvalue weighted by molar-refractivity contribution is 0.542. The van der Waals surface area contributed by atoms with Gasteiger partial charge >= 0.3 is 0 Å². The molecule has 2 rings (SSSR count). The van der Waals surface area contributed by atoms with Gasteiger partial charge in [0.15, 0.2) is 0 Å². The van der Waals surface area contributed by atoms with Crippen molar-refractivity contribution in [2.75, 3.05) is 13.1 Å². The minimum atomic E-state index is 0.641. The average molecular weight is 211 g/mol. The van der Waals surface area contributed by atoms with Gasteiger partial charge in [0.25, 0.3) is 0 Å². The zero-order valence-electron chi connectivity index (χ0n) is 8.55. The van der Waals surface area contributed by atoms with Gasteiger partial charge in [-0.05, 0) is 19.4 Å². The molecule has 0 radical (unpaired) electrons. The summed E-state index contributed by atoms with van der Waals surface area (Å²) < 4.78 is 0. The molecule has 14 heavy (non-hydrogen) atoms. The lowest BCUT2D eigenvalue weighted by Crippen LogP contribution is -2.30. The molecule has 1 aromatic heterocycles. The molecular formula is C10H17N3S. The minimum Gasteiger partial charge on any atom is -0.315 e. The van der Waals surface area contributed by atoms with Crippen LogP contribution in [0.4, 0.5) is 0 Å². The van der Waals surface area contributed by atoms with Gasteiger partial charge in [0.1, 0.15) is 0 Å². The van der Waals surface area contributed by atoms with Gasteiger partial charge < -0.3 is 10.6 Å². The van der Waals surface area contributed by atoms with Crippen LogP contribution in [0.1, 0.15) is 24.0 Å². The standard InChI is InChI=1S/C10H17N3S/c1-2-10-13-9(7-14-10)6-12-8-3-4-11-5-8/h7-8,11-12H,2-6H2,1H3. The van der Waals surface area contributed by atoms with Crippen LogP contribution >= 0.6 is 11.3 Å². The molecule has 0 spiro atoms. The Hall–Kier alpha value is -0.450. The molecule has 0 saturated carbocycles. The van der Waals surface area contributed by atoms with E-state index in [1.165, 1.54) is 17.1 Å². The van der Waals surface area contributed by atoms with E-state index < -0.39 is 0 Å². The van der Waals surface area contributed by atoms with Crippen LogP contribution in [0.5, 0.6) is 0 Å². The van der Waals surface area contributed by atoms with Crippen molar-refractivity contribution in [2.24, 2.45) is 0 Å². The number of aromatic nitrogens is 1. The summed E-state index contributed by atoms with van der Waals surface area (Å²) in [4.78, 5) is 4.53. The molecule has 78 valence electrons. The maximum Gasteiger partial charge on any atom is 0.0926 e. The lowest BCUT2D eigenvalue weighted by Gasteiger charge is -2.08. The van der Waals surface area contributed by atoms with E-state index >= 15 is 0 Å². The van der Waals surface area contributed by atoms with Gasteiger partial charge in [-0.15, -0.1) is 11.3 Å². The van der Waals surface area contributed by atoms with Crippen LogP contribution in [0.3, 0.4) is 0 Å².